The van der Waals surface area contributed by atoms with E-state index in [1.807, 2.05) is 66.9 Å². The van der Waals surface area contributed by atoms with Crippen LogP contribution in [-0.2, 0) is 11.3 Å². The first-order chi connectivity index (χ1) is 15.6. The number of amides is 2. The predicted octanol–water partition coefficient (Wildman–Crippen LogP) is 4.63. The third-order valence-electron chi connectivity index (χ3n) is 4.92. The van der Waals surface area contributed by atoms with Crippen LogP contribution in [0.4, 0.5) is 10.5 Å². The van der Waals surface area contributed by atoms with Crippen molar-refractivity contribution in [2.45, 2.75) is 6.54 Å². The summed E-state index contributed by atoms with van der Waals surface area (Å²) < 4.78 is 6.89. The number of methoxy groups -OCH3 is 1. The van der Waals surface area contributed by atoms with E-state index in [1.165, 1.54) is 7.11 Å². The third-order valence-corrected chi connectivity index (χ3v) is 4.92. The number of aromatic nitrogens is 1. The highest BCUT2D eigenvalue weighted by Gasteiger charge is 2.10. The van der Waals surface area contributed by atoms with E-state index in [9.17, 15) is 9.59 Å². The van der Waals surface area contributed by atoms with Gasteiger partial charge in [-0.2, -0.15) is 5.10 Å². The van der Waals surface area contributed by atoms with Gasteiger partial charge in [-0.1, -0.05) is 48.5 Å². The highest BCUT2D eigenvalue weighted by atomic mass is 16.5. The van der Waals surface area contributed by atoms with Gasteiger partial charge < -0.3 is 14.6 Å². The zero-order chi connectivity index (χ0) is 22.3. The minimum atomic E-state index is -0.421. The van der Waals surface area contributed by atoms with Crippen molar-refractivity contribution in [1.82, 2.24) is 9.99 Å². The summed E-state index contributed by atoms with van der Waals surface area (Å²) in [5.74, 6) is -0.364. The van der Waals surface area contributed by atoms with Crippen LogP contribution < -0.4 is 10.7 Å². The smallest absolute Gasteiger partial charge is 0.339 e. The minimum absolute atomic E-state index is 0.364. The van der Waals surface area contributed by atoms with E-state index in [1.54, 1.807) is 24.4 Å². The van der Waals surface area contributed by atoms with Gasteiger partial charge in [0.15, 0.2) is 0 Å². The second kappa shape index (κ2) is 9.61. The summed E-state index contributed by atoms with van der Waals surface area (Å²) in [6.45, 7) is 0.571. The first-order valence-electron chi connectivity index (χ1n) is 10.0. The zero-order valence-electron chi connectivity index (χ0n) is 17.5. The number of hydrogen-bond acceptors (Lipinski definition) is 4. The maximum atomic E-state index is 12.0. The molecule has 2 amide bonds. The number of fused-ring (bicyclic) bond motifs is 1. The lowest BCUT2D eigenvalue weighted by atomic mass is 10.1. The van der Waals surface area contributed by atoms with Crippen molar-refractivity contribution in [1.29, 1.82) is 0 Å². The molecular formula is C25H22N4O3. The Morgan fingerprint density at radius 1 is 1.00 bits per heavy atom. The van der Waals surface area contributed by atoms with Crippen LogP contribution in [0.25, 0.3) is 10.9 Å². The molecule has 0 saturated carbocycles. The molecule has 4 rings (SSSR count). The number of benzene rings is 3. The Hall–Kier alpha value is -4.39. The van der Waals surface area contributed by atoms with Gasteiger partial charge in [-0.25, -0.2) is 15.0 Å². The van der Waals surface area contributed by atoms with Crippen LogP contribution in [0.5, 0.6) is 0 Å². The zero-order valence-corrected chi connectivity index (χ0v) is 17.5. The van der Waals surface area contributed by atoms with Crippen molar-refractivity contribution < 1.29 is 14.3 Å². The van der Waals surface area contributed by atoms with Crippen molar-refractivity contribution in [2.75, 3.05) is 12.4 Å². The molecular weight excluding hydrogens is 404 g/mol. The highest BCUT2D eigenvalue weighted by molar-refractivity contribution is 6.00. The van der Waals surface area contributed by atoms with E-state index >= 15 is 0 Å². The van der Waals surface area contributed by atoms with Crippen molar-refractivity contribution in [3.8, 4) is 0 Å². The lowest BCUT2D eigenvalue weighted by Crippen LogP contribution is -2.24. The topological polar surface area (TPSA) is 84.7 Å². The van der Waals surface area contributed by atoms with E-state index in [0.29, 0.717) is 17.8 Å². The number of urea groups is 1. The molecule has 160 valence electrons. The van der Waals surface area contributed by atoms with Gasteiger partial charge >= 0.3 is 12.0 Å². The maximum absolute atomic E-state index is 12.0. The monoisotopic (exact) mass is 426 g/mol. The molecule has 0 fully saturated rings. The minimum Gasteiger partial charge on any atom is -0.465 e. The summed E-state index contributed by atoms with van der Waals surface area (Å²) >= 11 is 0. The molecule has 0 unspecified atom stereocenters. The molecule has 0 bridgehead atoms. The van der Waals surface area contributed by atoms with Crippen molar-refractivity contribution in [3.05, 3.63) is 102 Å². The van der Waals surface area contributed by atoms with Crippen molar-refractivity contribution >= 4 is 34.8 Å². The van der Waals surface area contributed by atoms with Crippen LogP contribution >= 0.6 is 0 Å². The Morgan fingerprint density at radius 2 is 1.78 bits per heavy atom. The molecule has 0 aliphatic heterocycles. The Kier molecular flexibility index (Phi) is 6.27. The largest absolute Gasteiger partial charge is 0.465 e. The van der Waals surface area contributed by atoms with Crippen molar-refractivity contribution in [3.63, 3.8) is 0 Å². The maximum Gasteiger partial charge on any atom is 0.339 e. The Bertz CT molecular complexity index is 1280. The van der Waals surface area contributed by atoms with Gasteiger partial charge in [-0.15, -0.1) is 0 Å². The molecule has 0 atom stereocenters. The normalized spacial score (nSPS) is 10.9. The van der Waals surface area contributed by atoms with E-state index in [0.717, 1.165) is 22.0 Å². The standard InChI is InChI=1S/C25H22N4O3/c1-32-24(30)19-9-7-8-18(14-19)16-29-17-20(22-12-5-6-13-23(22)29)15-26-28-25(31)27-21-10-3-2-4-11-21/h2-15,17H,16H2,1H3,(H2,27,28,31)/b26-15+. The fourth-order valence-corrected chi connectivity index (χ4v) is 3.46. The summed E-state index contributed by atoms with van der Waals surface area (Å²) in [5, 5.41) is 7.82. The van der Waals surface area contributed by atoms with E-state index < -0.39 is 6.03 Å². The number of para-hydroxylation sites is 2. The number of ether oxygens (including phenoxy) is 1. The van der Waals surface area contributed by atoms with Gasteiger partial charge in [-0.3, -0.25) is 0 Å². The van der Waals surface area contributed by atoms with E-state index in [2.05, 4.69) is 20.4 Å². The molecule has 7 nitrogen and oxygen atoms in total. The molecule has 32 heavy (non-hydrogen) atoms. The molecule has 0 saturated heterocycles. The predicted molar refractivity (Wildman–Crippen MR) is 125 cm³/mol. The van der Waals surface area contributed by atoms with E-state index in [4.69, 9.17) is 4.74 Å². The second-order valence-corrected chi connectivity index (χ2v) is 7.11. The number of nitrogens with zero attached hydrogens (tertiary/aromatic N) is 2. The molecule has 0 radical (unpaired) electrons. The molecule has 0 spiro atoms. The Balaban J connectivity index is 1.52. The van der Waals surface area contributed by atoms with Gasteiger partial charge in [-0.05, 0) is 35.9 Å². The Morgan fingerprint density at radius 3 is 2.59 bits per heavy atom. The third kappa shape index (κ3) is 4.84. The van der Waals surface area contributed by atoms with Gasteiger partial charge in [0.2, 0.25) is 0 Å². The van der Waals surface area contributed by atoms with Crippen LogP contribution in [0, 0.1) is 0 Å². The molecule has 2 N–H and O–H groups in total. The summed E-state index contributed by atoms with van der Waals surface area (Å²) in [7, 11) is 1.37. The average Bonchev–Trinajstić information content (AvgIpc) is 3.16. The number of rotatable bonds is 6. The first-order valence-corrected chi connectivity index (χ1v) is 10.0. The highest BCUT2D eigenvalue weighted by Crippen LogP contribution is 2.21. The lowest BCUT2D eigenvalue weighted by molar-refractivity contribution is 0.0600. The number of anilines is 1. The number of hydrogen-bond donors (Lipinski definition) is 2. The van der Waals surface area contributed by atoms with Crippen molar-refractivity contribution in [2.24, 2.45) is 5.10 Å². The number of carbonyl (C=O) groups is 2. The Labute approximate surface area is 185 Å². The molecule has 0 aliphatic carbocycles. The fourth-order valence-electron chi connectivity index (χ4n) is 3.46. The summed E-state index contributed by atoms with van der Waals surface area (Å²) in [4.78, 5) is 23.9. The van der Waals surface area contributed by atoms with Gasteiger partial charge in [0.05, 0.1) is 18.9 Å². The lowest BCUT2D eigenvalue weighted by Gasteiger charge is -2.07. The number of hydrazone groups is 1. The fraction of sp³-hybridized carbons (Fsp3) is 0.0800. The summed E-state index contributed by atoms with van der Waals surface area (Å²) in [6, 6.07) is 24.0. The molecule has 0 aliphatic rings. The summed E-state index contributed by atoms with van der Waals surface area (Å²) in [6.07, 6.45) is 3.59. The SMILES string of the molecule is COC(=O)c1cccc(Cn2cc(/C=N/NC(=O)Nc3ccccc3)c3ccccc32)c1. The molecule has 4 aromatic rings. The van der Waals surface area contributed by atoms with Crippen LogP contribution in [0.15, 0.2) is 90.2 Å². The molecule has 3 aromatic carbocycles. The molecule has 7 heteroatoms. The van der Waals surface area contributed by atoms with Gasteiger partial charge in [0.25, 0.3) is 0 Å². The van der Waals surface area contributed by atoms with Crippen LogP contribution in [0.3, 0.4) is 0 Å². The number of carbonyl (C=O) groups excluding carboxylic acids is 2. The summed E-state index contributed by atoms with van der Waals surface area (Å²) in [5.41, 5.74) is 6.54. The molecule has 1 aromatic heterocycles. The van der Waals surface area contributed by atoms with Gasteiger partial charge in [0, 0.05) is 34.9 Å². The van der Waals surface area contributed by atoms with Gasteiger partial charge in [0.1, 0.15) is 0 Å². The first kappa shape index (κ1) is 20.9. The average molecular weight is 426 g/mol. The second-order valence-electron chi connectivity index (χ2n) is 7.11. The van der Waals surface area contributed by atoms with Crippen LogP contribution in [0.2, 0.25) is 0 Å². The van der Waals surface area contributed by atoms with Crippen LogP contribution in [-0.4, -0.2) is 29.9 Å². The molecule has 1 heterocycles. The van der Waals surface area contributed by atoms with E-state index in [-0.39, 0.29) is 5.97 Å². The number of nitrogens with one attached hydrogen (secondary N) is 2. The quantitative estimate of drug-likeness (QED) is 0.268. The number of esters is 1. The van der Waals surface area contributed by atoms with Crippen LogP contribution in [0.1, 0.15) is 21.5 Å².